The highest BCUT2D eigenvalue weighted by Gasteiger charge is 2.23. The van der Waals surface area contributed by atoms with Gasteiger partial charge in [-0.1, -0.05) is 127 Å². The minimum Gasteiger partial charge on any atom is -0.456 e. The molecule has 0 atom stereocenters. The molecule has 0 fully saturated rings. The Morgan fingerprint density at radius 3 is 1.43 bits per heavy atom. The van der Waals surface area contributed by atoms with E-state index in [1.54, 1.807) is 0 Å². The first kappa shape index (κ1) is 40.0. The molecule has 5 aromatic heterocycles. The van der Waals surface area contributed by atoms with Crippen molar-refractivity contribution in [1.82, 2.24) is 28.7 Å². The van der Waals surface area contributed by atoms with E-state index < -0.39 is 0 Å². The van der Waals surface area contributed by atoms with Gasteiger partial charge in [-0.25, -0.2) is 15.0 Å². The number of aromatic nitrogens is 6. The fraction of sp³-hybridized carbons (Fsp3) is 0. The lowest BCUT2D eigenvalue weighted by molar-refractivity contribution is 0.669. The van der Waals surface area contributed by atoms with Gasteiger partial charge in [0.1, 0.15) is 11.2 Å². The van der Waals surface area contributed by atoms with E-state index in [0.717, 1.165) is 116 Å². The van der Waals surface area contributed by atoms with Crippen molar-refractivity contribution in [2.24, 2.45) is 0 Å². The lowest BCUT2D eigenvalue weighted by Crippen LogP contribution is -2.19. The molecule has 0 aliphatic heterocycles. The highest BCUT2D eigenvalue weighted by atomic mass is 16.3. The van der Waals surface area contributed by atoms with E-state index in [-0.39, 0.29) is 5.56 Å². The van der Waals surface area contributed by atoms with Crippen LogP contribution in [0.4, 0.5) is 0 Å². The maximum Gasteiger partial charge on any atom is 0.263 e. The summed E-state index contributed by atoms with van der Waals surface area (Å²) in [6, 6.07) is 78.9. The first-order valence-electron chi connectivity index (χ1n) is 24.0. The van der Waals surface area contributed by atoms with Crippen molar-refractivity contribution < 1.29 is 4.42 Å². The highest BCUT2D eigenvalue weighted by molar-refractivity contribution is 6.22. The zero-order valence-corrected chi connectivity index (χ0v) is 38.4. The van der Waals surface area contributed by atoms with Gasteiger partial charge in [-0.05, 0) is 109 Å². The molecule has 0 radical (unpaired) electrons. The molecular weight excluding hydrogens is 885 g/mol. The van der Waals surface area contributed by atoms with Gasteiger partial charge in [0.2, 0.25) is 0 Å². The molecule has 8 nitrogen and oxygen atoms in total. The van der Waals surface area contributed by atoms with E-state index in [9.17, 15) is 0 Å². The summed E-state index contributed by atoms with van der Waals surface area (Å²) in [4.78, 5) is 30.9. The Morgan fingerprint density at radius 1 is 0.278 bits per heavy atom. The maximum atomic E-state index is 15.5. The minimum atomic E-state index is -0.0927. The van der Waals surface area contributed by atoms with Crippen molar-refractivity contribution in [2.45, 2.75) is 0 Å². The van der Waals surface area contributed by atoms with Gasteiger partial charge in [0.25, 0.3) is 5.56 Å². The second-order valence-corrected chi connectivity index (χ2v) is 18.3. The van der Waals surface area contributed by atoms with Gasteiger partial charge in [-0.15, -0.1) is 0 Å². The van der Waals surface area contributed by atoms with Gasteiger partial charge < -0.3 is 13.6 Å². The molecule has 0 aliphatic rings. The molecule has 0 N–H and O–H groups in total. The number of nitrogens with zero attached hydrogens (tertiary/aromatic N) is 6. The average Bonchev–Trinajstić information content (AvgIpc) is 4.09. The largest absolute Gasteiger partial charge is 0.456 e. The molecule has 72 heavy (non-hydrogen) atoms. The van der Waals surface area contributed by atoms with E-state index in [0.29, 0.717) is 22.9 Å². The summed E-state index contributed by atoms with van der Waals surface area (Å²) in [6.07, 6.45) is 0. The van der Waals surface area contributed by atoms with Gasteiger partial charge in [0, 0.05) is 71.5 Å². The van der Waals surface area contributed by atoms with Crippen molar-refractivity contribution in [3.8, 4) is 51.2 Å². The Bertz CT molecular complexity index is 4750. The molecule has 15 rings (SSSR count). The van der Waals surface area contributed by atoms with E-state index in [2.05, 4.69) is 143 Å². The minimum absolute atomic E-state index is 0.0927. The molecule has 15 aromatic rings. The first-order chi connectivity index (χ1) is 35.6. The van der Waals surface area contributed by atoms with Crippen LogP contribution in [0.5, 0.6) is 0 Å². The molecule has 0 amide bonds. The zero-order chi connectivity index (χ0) is 47.4. The fourth-order valence-electron chi connectivity index (χ4n) is 11.0. The second kappa shape index (κ2) is 15.5. The molecule has 0 aliphatic carbocycles. The normalized spacial score (nSPS) is 11.9. The average molecular weight is 923 g/mol. The molecule has 0 unspecified atom stereocenters. The zero-order valence-electron chi connectivity index (χ0n) is 38.4. The smallest absolute Gasteiger partial charge is 0.263 e. The lowest BCUT2D eigenvalue weighted by atomic mass is 10.00. The van der Waals surface area contributed by atoms with Crippen LogP contribution < -0.4 is 5.56 Å². The Balaban J connectivity index is 1.02. The van der Waals surface area contributed by atoms with Crippen LogP contribution in [0.25, 0.3) is 138 Å². The number of benzene rings is 10. The number of hydrogen-bond donors (Lipinski definition) is 0. The topological polar surface area (TPSA) is 83.7 Å². The summed E-state index contributed by atoms with van der Waals surface area (Å²) < 4.78 is 12.8. The number of pyridine rings is 1. The third-order valence-corrected chi connectivity index (χ3v) is 14.3. The highest BCUT2D eigenvalue weighted by Crippen LogP contribution is 2.41. The quantitative estimate of drug-likeness (QED) is 0.155. The van der Waals surface area contributed by atoms with Crippen molar-refractivity contribution in [3.63, 3.8) is 0 Å². The summed E-state index contributed by atoms with van der Waals surface area (Å²) in [7, 11) is 0. The Hall–Kier alpha value is -9.92. The number of fused-ring (bicyclic) bond motifs is 12. The fourth-order valence-corrected chi connectivity index (χ4v) is 11.0. The second-order valence-electron chi connectivity index (χ2n) is 18.3. The van der Waals surface area contributed by atoms with Crippen LogP contribution in [0.1, 0.15) is 0 Å². The summed E-state index contributed by atoms with van der Waals surface area (Å²) >= 11 is 0. The Kier molecular flexibility index (Phi) is 8.64. The number of furan rings is 1. The van der Waals surface area contributed by atoms with Gasteiger partial charge in [0.15, 0.2) is 17.5 Å². The van der Waals surface area contributed by atoms with Gasteiger partial charge in [-0.3, -0.25) is 9.36 Å². The van der Waals surface area contributed by atoms with Gasteiger partial charge >= 0.3 is 0 Å². The predicted octanol–water partition coefficient (Wildman–Crippen LogP) is 15.4. The molecule has 0 saturated carbocycles. The molecule has 0 bridgehead atoms. The summed E-state index contributed by atoms with van der Waals surface area (Å²) in [6.45, 7) is 0. The van der Waals surface area contributed by atoms with Gasteiger partial charge in [-0.2, -0.15) is 0 Å². The number of para-hydroxylation sites is 5. The summed E-state index contributed by atoms with van der Waals surface area (Å²) in [5.41, 5.74) is 11.7. The van der Waals surface area contributed by atoms with Crippen LogP contribution >= 0.6 is 0 Å². The van der Waals surface area contributed by atoms with Crippen molar-refractivity contribution in [3.05, 3.63) is 241 Å². The SMILES string of the molecule is O=c1c2cc3c(cc2c2cc4c5ccccc5n(-c5ccccc5)c4cc2n1-c1ccccc1)c1cc(-c2nc(-c4ccccc4)nc(-c4ccc5c(c4)oc4ccccc45)n2)ccc1n3-c1ccccc1. The molecule has 8 heteroatoms. The maximum absolute atomic E-state index is 15.5. The Labute approximate surface area is 410 Å². The van der Waals surface area contributed by atoms with Crippen molar-refractivity contribution >= 4 is 87.2 Å². The summed E-state index contributed by atoms with van der Waals surface area (Å²) in [5.74, 6) is 1.65. The molecule has 0 spiro atoms. The number of rotatable bonds is 6. The molecular formula is C64H38N6O2. The van der Waals surface area contributed by atoms with Crippen molar-refractivity contribution in [2.75, 3.05) is 0 Å². The Morgan fingerprint density at radius 2 is 0.736 bits per heavy atom. The van der Waals surface area contributed by atoms with E-state index in [1.165, 1.54) is 0 Å². The van der Waals surface area contributed by atoms with Crippen LogP contribution in [-0.2, 0) is 0 Å². The van der Waals surface area contributed by atoms with Crippen LogP contribution in [0.15, 0.2) is 240 Å². The standard InChI is InChI=1S/C64H38N6O2/c71-64-53-37-56-52(35-48(53)51-36-50-45-25-13-15-27-54(45)68(42-19-7-2-8-20-42)57(50)38-58(51)70(64)44-23-11-4-12-24-44)49-33-40(30-32-55(49)69(56)43-21-9-3-10-22-43)62-65-61(39-17-5-1-6-18-39)66-63(67-62)41-29-31-47-46-26-14-16-28-59(46)72-60(47)34-41/h1-38H. The van der Waals surface area contributed by atoms with Crippen molar-refractivity contribution in [1.29, 1.82) is 0 Å². The molecule has 336 valence electrons. The molecule has 5 heterocycles. The van der Waals surface area contributed by atoms with Crippen LogP contribution in [0.2, 0.25) is 0 Å². The monoisotopic (exact) mass is 922 g/mol. The van der Waals surface area contributed by atoms with E-state index >= 15 is 4.79 Å². The predicted molar refractivity (Wildman–Crippen MR) is 293 cm³/mol. The lowest BCUT2D eigenvalue weighted by Gasteiger charge is -2.15. The molecule has 0 saturated heterocycles. The van der Waals surface area contributed by atoms with Gasteiger partial charge in [0.05, 0.1) is 33.0 Å². The van der Waals surface area contributed by atoms with Crippen LogP contribution in [0, 0.1) is 0 Å². The summed E-state index contributed by atoms with van der Waals surface area (Å²) in [5, 5.41) is 8.83. The third-order valence-electron chi connectivity index (χ3n) is 14.3. The third kappa shape index (κ3) is 6.06. The molecule has 10 aromatic carbocycles. The first-order valence-corrected chi connectivity index (χ1v) is 24.0. The number of hydrogen-bond acceptors (Lipinski definition) is 5. The van der Waals surface area contributed by atoms with Crippen LogP contribution in [0.3, 0.4) is 0 Å². The van der Waals surface area contributed by atoms with E-state index in [4.69, 9.17) is 19.4 Å². The van der Waals surface area contributed by atoms with Crippen LogP contribution in [-0.4, -0.2) is 28.7 Å². The van der Waals surface area contributed by atoms with E-state index in [1.807, 2.05) is 102 Å².